The Labute approximate surface area is 165 Å². The smallest absolute Gasteiger partial charge is 0.291 e. The monoisotopic (exact) mass is 392 g/mol. The molecule has 4 rings (SSSR count). The molecule has 2 aromatic heterocycles. The van der Waals surface area contributed by atoms with Gasteiger partial charge in [-0.05, 0) is 60.7 Å². The zero-order valence-corrected chi connectivity index (χ0v) is 15.5. The fraction of sp³-hybridized carbons (Fsp3) is 0.0909. The first kappa shape index (κ1) is 18.5. The van der Waals surface area contributed by atoms with Crippen molar-refractivity contribution in [1.82, 2.24) is 4.98 Å². The molecule has 146 valence electrons. The van der Waals surface area contributed by atoms with Gasteiger partial charge in [0.15, 0.2) is 5.76 Å². The number of ether oxygens (including phenoxy) is 2. The fourth-order valence-electron chi connectivity index (χ4n) is 2.87. The maximum Gasteiger partial charge on any atom is 0.291 e. The number of hydrogen-bond acceptors (Lipinski definition) is 5. The summed E-state index contributed by atoms with van der Waals surface area (Å²) in [6, 6.07) is 16.0. The van der Waals surface area contributed by atoms with Crippen LogP contribution in [0.15, 0.2) is 71.3 Å². The number of halogens is 1. The zero-order valence-electron chi connectivity index (χ0n) is 15.5. The van der Waals surface area contributed by atoms with E-state index >= 15 is 0 Å². The summed E-state index contributed by atoms with van der Waals surface area (Å²) in [5.74, 6) is 1.02. The quantitative estimate of drug-likeness (QED) is 0.510. The molecule has 2 heterocycles. The van der Waals surface area contributed by atoms with Gasteiger partial charge in [-0.15, -0.1) is 0 Å². The molecule has 0 aliphatic rings. The average molecular weight is 392 g/mol. The number of benzene rings is 2. The van der Waals surface area contributed by atoms with E-state index in [1.807, 2.05) is 6.07 Å². The molecule has 0 aliphatic heterocycles. The van der Waals surface area contributed by atoms with Gasteiger partial charge in [0.1, 0.15) is 35.2 Å². The molecule has 0 aliphatic carbocycles. The Balaban J connectivity index is 1.47. The summed E-state index contributed by atoms with van der Waals surface area (Å²) in [7, 11) is 1.57. The number of hydrogen-bond donors (Lipinski definition) is 1. The van der Waals surface area contributed by atoms with E-state index in [0.717, 1.165) is 5.39 Å². The van der Waals surface area contributed by atoms with Crippen LogP contribution in [0.1, 0.15) is 16.3 Å². The number of pyridine rings is 1. The highest BCUT2D eigenvalue weighted by atomic mass is 19.1. The second-order valence-electron chi connectivity index (χ2n) is 6.18. The van der Waals surface area contributed by atoms with E-state index in [-0.39, 0.29) is 18.2 Å². The molecule has 0 atom stereocenters. The molecule has 29 heavy (non-hydrogen) atoms. The zero-order chi connectivity index (χ0) is 20.2. The van der Waals surface area contributed by atoms with Crippen molar-refractivity contribution >= 4 is 22.5 Å². The van der Waals surface area contributed by atoms with E-state index < -0.39 is 5.91 Å². The summed E-state index contributed by atoms with van der Waals surface area (Å²) < 4.78 is 29.3. The van der Waals surface area contributed by atoms with Crippen molar-refractivity contribution in [2.24, 2.45) is 0 Å². The number of furan rings is 1. The second-order valence-corrected chi connectivity index (χ2v) is 6.18. The Morgan fingerprint density at radius 3 is 2.72 bits per heavy atom. The molecule has 0 radical (unpaired) electrons. The van der Waals surface area contributed by atoms with Crippen LogP contribution in [-0.2, 0) is 6.61 Å². The second kappa shape index (κ2) is 8.02. The lowest BCUT2D eigenvalue weighted by Gasteiger charge is -2.10. The van der Waals surface area contributed by atoms with Crippen LogP contribution in [0.5, 0.6) is 11.5 Å². The Bertz CT molecular complexity index is 1160. The minimum absolute atomic E-state index is 0.119. The van der Waals surface area contributed by atoms with Gasteiger partial charge in [0.25, 0.3) is 5.91 Å². The van der Waals surface area contributed by atoms with Crippen LogP contribution in [0.3, 0.4) is 0 Å². The topological polar surface area (TPSA) is 73.6 Å². The highest BCUT2D eigenvalue weighted by Gasteiger charge is 2.15. The highest BCUT2D eigenvalue weighted by Crippen LogP contribution is 2.30. The molecule has 0 saturated heterocycles. The predicted octanol–water partition coefficient (Wildman–Crippen LogP) is 4.81. The number of amides is 1. The fourth-order valence-corrected chi connectivity index (χ4v) is 2.87. The van der Waals surface area contributed by atoms with Crippen molar-refractivity contribution in [2.75, 3.05) is 12.4 Å². The molecule has 0 spiro atoms. The van der Waals surface area contributed by atoms with Crippen LogP contribution in [0.4, 0.5) is 10.1 Å². The summed E-state index contributed by atoms with van der Waals surface area (Å²) in [5, 5.41) is 3.59. The number of nitrogens with one attached hydrogen (secondary N) is 1. The van der Waals surface area contributed by atoms with Crippen molar-refractivity contribution in [3.05, 3.63) is 84.2 Å². The Kier molecular flexibility index (Phi) is 5.11. The number of carbonyl (C=O) groups is 1. The van der Waals surface area contributed by atoms with Crippen LogP contribution in [0.25, 0.3) is 10.9 Å². The summed E-state index contributed by atoms with van der Waals surface area (Å²) in [6.45, 7) is 0.119. The predicted molar refractivity (Wildman–Crippen MR) is 106 cm³/mol. The van der Waals surface area contributed by atoms with E-state index in [1.165, 1.54) is 24.3 Å². The molecule has 0 unspecified atom stereocenters. The molecule has 1 amide bonds. The van der Waals surface area contributed by atoms with Crippen LogP contribution >= 0.6 is 0 Å². The largest absolute Gasteiger partial charge is 0.494 e. The Morgan fingerprint density at radius 1 is 1.10 bits per heavy atom. The van der Waals surface area contributed by atoms with Gasteiger partial charge >= 0.3 is 0 Å². The third-order valence-electron chi connectivity index (χ3n) is 4.28. The molecular weight excluding hydrogens is 375 g/mol. The lowest BCUT2D eigenvalue weighted by atomic mass is 10.1. The minimum atomic E-state index is -0.395. The van der Waals surface area contributed by atoms with Gasteiger partial charge in [0.05, 0.1) is 12.8 Å². The molecule has 0 bridgehead atoms. The number of anilines is 1. The molecule has 0 fully saturated rings. The Morgan fingerprint density at radius 2 is 1.93 bits per heavy atom. The van der Waals surface area contributed by atoms with E-state index in [1.54, 1.807) is 43.6 Å². The van der Waals surface area contributed by atoms with Crippen LogP contribution in [0, 0.1) is 5.82 Å². The van der Waals surface area contributed by atoms with E-state index in [0.29, 0.717) is 28.5 Å². The van der Waals surface area contributed by atoms with Gasteiger partial charge in [-0.25, -0.2) is 4.39 Å². The summed E-state index contributed by atoms with van der Waals surface area (Å²) >= 11 is 0. The van der Waals surface area contributed by atoms with Crippen molar-refractivity contribution < 1.29 is 23.1 Å². The van der Waals surface area contributed by atoms with Crippen molar-refractivity contribution in [1.29, 1.82) is 0 Å². The van der Waals surface area contributed by atoms with Gasteiger partial charge in [0, 0.05) is 11.6 Å². The van der Waals surface area contributed by atoms with Gasteiger partial charge in [-0.1, -0.05) is 0 Å². The lowest BCUT2D eigenvalue weighted by molar-refractivity contribution is 0.0992. The normalized spacial score (nSPS) is 10.7. The van der Waals surface area contributed by atoms with Crippen molar-refractivity contribution in [2.45, 2.75) is 6.61 Å². The first-order valence-corrected chi connectivity index (χ1v) is 8.84. The molecule has 0 saturated carbocycles. The number of nitrogens with zero attached hydrogens (tertiary/aromatic N) is 1. The number of fused-ring (bicyclic) bond motifs is 1. The number of aromatic nitrogens is 1. The first-order valence-electron chi connectivity index (χ1n) is 8.84. The van der Waals surface area contributed by atoms with Crippen LogP contribution in [0.2, 0.25) is 0 Å². The molecule has 6 nitrogen and oxygen atoms in total. The van der Waals surface area contributed by atoms with Crippen LogP contribution in [-0.4, -0.2) is 18.0 Å². The number of rotatable bonds is 6. The van der Waals surface area contributed by atoms with Crippen LogP contribution < -0.4 is 14.8 Å². The van der Waals surface area contributed by atoms with E-state index in [9.17, 15) is 9.18 Å². The third-order valence-corrected chi connectivity index (χ3v) is 4.28. The molecule has 2 aromatic carbocycles. The first-order chi connectivity index (χ1) is 14.1. The van der Waals surface area contributed by atoms with E-state index in [4.69, 9.17) is 13.9 Å². The summed E-state index contributed by atoms with van der Waals surface area (Å²) in [4.78, 5) is 16.9. The maximum absolute atomic E-state index is 12.9. The Hall–Kier alpha value is -3.87. The maximum atomic E-state index is 12.9. The minimum Gasteiger partial charge on any atom is -0.494 e. The lowest BCUT2D eigenvalue weighted by Crippen LogP contribution is -2.11. The van der Waals surface area contributed by atoms with Gasteiger partial charge in [-0.3, -0.25) is 9.78 Å². The van der Waals surface area contributed by atoms with Gasteiger partial charge in [-0.2, -0.15) is 0 Å². The summed E-state index contributed by atoms with van der Waals surface area (Å²) in [5.41, 5.74) is 1.25. The third kappa shape index (κ3) is 4.03. The molecule has 1 N–H and O–H groups in total. The van der Waals surface area contributed by atoms with Crippen molar-refractivity contribution in [3.63, 3.8) is 0 Å². The van der Waals surface area contributed by atoms with Crippen molar-refractivity contribution in [3.8, 4) is 11.5 Å². The van der Waals surface area contributed by atoms with Gasteiger partial charge < -0.3 is 19.2 Å². The highest BCUT2D eigenvalue weighted by molar-refractivity contribution is 6.08. The molecule has 7 heteroatoms. The molecular formula is C22H17FN2O4. The number of methoxy groups -OCH3 is 1. The SMILES string of the molecule is COc1ccc(NC(=O)c2ccc(COc3ccc(F)cc3)o2)c2cccnc12. The number of carbonyl (C=O) groups excluding carboxylic acids is 1. The molecule has 4 aromatic rings. The van der Waals surface area contributed by atoms with E-state index in [2.05, 4.69) is 10.3 Å². The summed E-state index contributed by atoms with van der Waals surface area (Å²) in [6.07, 6.45) is 1.66. The standard InChI is InChI=1S/C22H17FN2O4/c1-27-19-11-9-18(17-3-2-12-24-21(17)19)25-22(26)20-10-8-16(29-20)13-28-15-6-4-14(23)5-7-15/h2-12H,13H2,1H3,(H,25,26). The van der Waals surface area contributed by atoms with Gasteiger partial charge in [0.2, 0.25) is 0 Å². The average Bonchev–Trinajstić information content (AvgIpc) is 3.23.